The van der Waals surface area contributed by atoms with Gasteiger partial charge in [-0.25, -0.2) is 18.0 Å². The number of hydrogen-bond donors (Lipinski definition) is 1. The van der Waals surface area contributed by atoms with Gasteiger partial charge in [-0.15, -0.1) is 0 Å². The summed E-state index contributed by atoms with van der Waals surface area (Å²) >= 11 is 0. The maximum atomic E-state index is 11.7. The molecule has 0 aliphatic carbocycles. The molecule has 0 aromatic rings. The average molecular weight is 567 g/mol. The van der Waals surface area contributed by atoms with Crippen molar-refractivity contribution >= 4 is 42.0 Å². The van der Waals surface area contributed by atoms with Gasteiger partial charge in [-0.2, -0.15) is 8.42 Å². The minimum atomic E-state index is -3.47. The van der Waals surface area contributed by atoms with Crippen LogP contribution in [0.1, 0.15) is 54.4 Å². The Morgan fingerprint density at radius 1 is 0.829 bits per heavy atom. The molecule has 208 valence electrons. The molecule has 0 unspecified atom stereocenters. The molecule has 2 amide bonds. The molecule has 0 aromatic heterocycles. The first-order valence-electron chi connectivity index (χ1n) is 10.9. The summed E-state index contributed by atoms with van der Waals surface area (Å²) in [7, 11) is -2.16. The highest BCUT2D eigenvalue weighted by molar-refractivity contribution is 8.13. The Hall–Kier alpha value is -1.35. The molecule has 1 N–H and O–H groups in total. The second kappa shape index (κ2) is 13.3. The van der Waals surface area contributed by atoms with Gasteiger partial charge >= 0.3 is 12.2 Å². The molecule has 35 heavy (non-hydrogen) atoms. The van der Waals surface area contributed by atoms with Gasteiger partial charge in [0.05, 0.1) is 31.3 Å². The highest BCUT2D eigenvalue weighted by Gasteiger charge is 2.32. The topological polar surface area (TPSA) is 157 Å². The third kappa shape index (κ3) is 19.5. The van der Waals surface area contributed by atoms with Crippen LogP contribution in [0.5, 0.6) is 0 Å². The lowest BCUT2D eigenvalue weighted by Gasteiger charge is -2.24. The highest BCUT2D eigenvalue weighted by Crippen LogP contribution is 2.18. The van der Waals surface area contributed by atoms with Gasteiger partial charge in [-0.3, -0.25) is 4.18 Å². The number of β-amino-alcohol motifs (C(OH)–C–C–N with tert-alkyl or cyclic N) is 1. The quantitative estimate of drug-likeness (QED) is 0.388. The molecule has 2 saturated heterocycles. The van der Waals surface area contributed by atoms with Crippen LogP contribution < -0.4 is 0 Å². The normalized spacial score (nSPS) is 20.9. The van der Waals surface area contributed by atoms with E-state index in [4.69, 9.17) is 13.7 Å². The number of carbonyl (C=O) groups excluding carboxylic acids is 2. The molecule has 0 saturated carbocycles. The van der Waals surface area contributed by atoms with E-state index in [9.17, 15) is 31.5 Å². The van der Waals surface area contributed by atoms with Gasteiger partial charge in [0, 0.05) is 30.3 Å². The van der Waals surface area contributed by atoms with Crippen molar-refractivity contribution in [3.8, 4) is 0 Å². The smallest absolute Gasteiger partial charge is 0.410 e. The zero-order chi connectivity index (χ0) is 27.8. The summed E-state index contributed by atoms with van der Waals surface area (Å²) in [5, 5.41) is 9.20. The third-order valence-corrected chi connectivity index (χ3v) is 4.54. The monoisotopic (exact) mass is 566 g/mol. The summed E-state index contributed by atoms with van der Waals surface area (Å²) in [6.45, 7) is 12.5. The van der Waals surface area contributed by atoms with E-state index in [1.165, 1.54) is 9.80 Å². The van der Waals surface area contributed by atoms with Crippen molar-refractivity contribution in [1.29, 1.82) is 0 Å². The molecular weight excluding hydrogens is 528 g/mol. The molecule has 2 fully saturated rings. The van der Waals surface area contributed by atoms with Crippen LogP contribution in [0.25, 0.3) is 0 Å². The number of aliphatic hydroxyl groups excluding tert-OH is 1. The van der Waals surface area contributed by atoms with E-state index in [2.05, 4.69) is 10.7 Å². The minimum Gasteiger partial charge on any atom is -0.444 e. The largest absolute Gasteiger partial charge is 0.444 e. The lowest BCUT2D eigenvalue weighted by Crippen LogP contribution is -2.36. The summed E-state index contributed by atoms with van der Waals surface area (Å²) in [6, 6.07) is 0. The maximum Gasteiger partial charge on any atom is 0.410 e. The minimum absolute atomic E-state index is 0.252. The van der Waals surface area contributed by atoms with E-state index >= 15 is 0 Å². The molecule has 15 heteroatoms. The van der Waals surface area contributed by atoms with Crippen LogP contribution in [0.2, 0.25) is 0 Å². The number of amides is 2. The molecule has 12 nitrogen and oxygen atoms in total. The number of aliphatic hydroxyl groups is 1. The molecule has 0 bridgehead atoms. The van der Waals surface area contributed by atoms with Crippen molar-refractivity contribution in [1.82, 2.24) is 9.80 Å². The molecular formula is C20H39ClN2O10S2. The van der Waals surface area contributed by atoms with Gasteiger partial charge in [-0.1, -0.05) is 0 Å². The van der Waals surface area contributed by atoms with Crippen molar-refractivity contribution in [2.75, 3.05) is 38.7 Å². The first kappa shape index (κ1) is 33.7. The first-order valence-corrected chi connectivity index (χ1v) is 15.4. The predicted molar refractivity (Wildman–Crippen MR) is 131 cm³/mol. The summed E-state index contributed by atoms with van der Waals surface area (Å²) in [4.78, 5) is 26.1. The van der Waals surface area contributed by atoms with Crippen molar-refractivity contribution in [3.05, 3.63) is 0 Å². The van der Waals surface area contributed by atoms with Crippen LogP contribution in [-0.4, -0.2) is 106 Å². The van der Waals surface area contributed by atoms with Crippen molar-refractivity contribution in [3.63, 3.8) is 0 Å². The fourth-order valence-electron chi connectivity index (χ4n) is 2.78. The van der Waals surface area contributed by atoms with Crippen molar-refractivity contribution < 1.29 is 45.2 Å². The van der Waals surface area contributed by atoms with Gasteiger partial charge in [0.25, 0.3) is 10.1 Å². The summed E-state index contributed by atoms with van der Waals surface area (Å²) in [6.07, 6.45) is 1.48. The standard InChI is InChI=1S/C10H19NO5S.C9H17NO3.CH3ClO2S/c1-10(2,3)15-9(12)11-6-5-8(7-11)16-17(4,13)14;1-9(2,3)13-8(12)10-5-4-7(11)6-10;1-5(2,3)4/h8H,5-7H2,1-4H3;7,11H,4-6H2,1-3H3;1H3/t8-;7-;/m00./s1. The first-order chi connectivity index (χ1) is 15.5. The molecule has 2 aliphatic heterocycles. The Morgan fingerprint density at radius 3 is 1.51 bits per heavy atom. The predicted octanol–water partition coefficient (Wildman–Crippen LogP) is 2.14. The number of halogens is 1. The van der Waals surface area contributed by atoms with Crippen LogP contribution in [0, 0.1) is 0 Å². The van der Waals surface area contributed by atoms with Gasteiger partial charge in [0.1, 0.15) is 11.2 Å². The lowest BCUT2D eigenvalue weighted by atomic mass is 10.2. The molecule has 0 aromatic carbocycles. The van der Waals surface area contributed by atoms with Gasteiger partial charge in [0.15, 0.2) is 0 Å². The fourth-order valence-corrected chi connectivity index (χ4v) is 3.43. The number of nitrogens with zero attached hydrogens (tertiary/aromatic N) is 2. The van der Waals surface area contributed by atoms with Crippen molar-refractivity contribution in [2.45, 2.75) is 77.8 Å². The zero-order valence-corrected chi connectivity index (χ0v) is 24.0. The molecule has 2 atom stereocenters. The molecule has 2 heterocycles. The van der Waals surface area contributed by atoms with E-state index in [0.29, 0.717) is 32.5 Å². The Morgan fingerprint density at radius 2 is 1.20 bits per heavy atom. The maximum absolute atomic E-state index is 11.7. The van der Waals surface area contributed by atoms with E-state index < -0.39 is 42.6 Å². The fraction of sp³-hybridized carbons (Fsp3) is 0.900. The van der Waals surface area contributed by atoms with Gasteiger partial charge in [-0.05, 0) is 54.4 Å². The van der Waals surface area contributed by atoms with E-state index in [1.807, 2.05) is 20.8 Å². The highest BCUT2D eigenvalue weighted by atomic mass is 35.7. The number of ether oxygens (including phenoxy) is 2. The molecule has 0 spiro atoms. The SMILES string of the molecule is CC(C)(C)OC(=O)N1CC[C@H](O)C1.CC(C)(C)OC(=O)N1CC[C@H](OS(C)(=O)=O)C1.CS(=O)(=O)Cl. The third-order valence-electron chi connectivity index (χ3n) is 3.92. The zero-order valence-electron chi connectivity index (χ0n) is 21.6. The second-order valence-electron chi connectivity index (χ2n) is 10.2. The lowest BCUT2D eigenvalue weighted by molar-refractivity contribution is 0.0263. The number of likely N-dealkylation sites (tertiary alicyclic amines) is 2. The number of rotatable bonds is 2. The van der Waals surface area contributed by atoms with Crippen LogP contribution in [0.4, 0.5) is 9.59 Å². The molecule has 2 aliphatic rings. The number of hydrogen-bond acceptors (Lipinski definition) is 10. The average Bonchev–Trinajstić information content (AvgIpc) is 3.18. The second-order valence-corrected chi connectivity index (χ2v) is 14.8. The van der Waals surface area contributed by atoms with Crippen LogP contribution >= 0.6 is 10.7 Å². The van der Waals surface area contributed by atoms with Gasteiger partial charge < -0.3 is 24.4 Å². The Balaban J connectivity index is 0.000000567. The summed E-state index contributed by atoms with van der Waals surface area (Å²) in [5.74, 6) is 0. The Bertz CT molecular complexity index is 903. The Kier molecular flexibility index (Phi) is 12.8. The molecule has 0 radical (unpaired) electrons. The van der Waals surface area contributed by atoms with Crippen molar-refractivity contribution in [2.24, 2.45) is 0 Å². The van der Waals surface area contributed by atoms with Crippen LogP contribution in [-0.2, 0) is 32.8 Å². The van der Waals surface area contributed by atoms with E-state index in [-0.39, 0.29) is 18.7 Å². The van der Waals surface area contributed by atoms with Crippen LogP contribution in [0.15, 0.2) is 0 Å². The molecule has 2 rings (SSSR count). The van der Waals surface area contributed by atoms with E-state index in [1.54, 1.807) is 20.8 Å². The summed E-state index contributed by atoms with van der Waals surface area (Å²) < 4.78 is 55.8. The Labute approximate surface area is 213 Å². The van der Waals surface area contributed by atoms with E-state index in [0.717, 1.165) is 12.5 Å². The number of carbonyl (C=O) groups is 2. The summed E-state index contributed by atoms with van der Waals surface area (Å²) in [5.41, 5.74) is -1.00. The van der Waals surface area contributed by atoms with Crippen LogP contribution in [0.3, 0.4) is 0 Å². The van der Waals surface area contributed by atoms with Gasteiger partial charge in [0.2, 0.25) is 9.05 Å².